The molecule has 0 aromatic heterocycles. The minimum Gasteiger partial charge on any atom is -0.392 e. The summed E-state index contributed by atoms with van der Waals surface area (Å²) in [6.45, 7) is 9.11. The van der Waals surface area contributed by atoms with Crippen LogP contribution in [0.1, 0.15) is 40.5 Å². The van der Waals surface area contributed by atoms with Gasteiger partial charge in [0.2, 0.25) is 5.91 Å². The van der Waals surface area contributed by atoms with E-state index in [0.29, 0.717) is 31.0 Å². The van der Waals surface area contributed by atoms with E-state index in [1.807, 2.05) is 32.6 Å². The number of ether oxygens (including phenoxy) is 1. The topological polar surface area (TPSA) is 55.6 Å². The molecular formula is C13H24N2O2S. The first-order valence-electron chi connectivity index (χ1n) is 6.61. The first-order valence-corrected chi connectivity index (χ1v) is 7.02. The third kappa shape index (κ3) is 2.67. The molecule has 18 heavy (non-hydrogen) atoms. The van der Waals surface area contributed by atoms with E-state index in [1.165, 1.54) is 0 Å². The summed E-state index contributed by atoms with van der Waals surface area (Å²) < 4.78 is 5.55. The summed E-state index contributed by atoms with van der Waals surface area (Å²) in [5, 5.41) is 0. The average Bonchev–Trinajstić information content (AvgIpc) is 2.34. The van der Waals surface area contributed by atoms with E-state index in [0.717, 1.165) is 0 Å². The van der Waals surface area contributed by atoms with E-state index in [1.54, 1.807) is 0 Å². The second kappa shape index (κ2) is 5.97. The first-order chi connectivity index (χ1) is 8.39. The molecule has 1 aliphatic heterocycles. The van der Waals surface area contributed by atoms with Crippen LogP contribution < -0.4 is 5.73 Å². The van der Waals surface area contributed by atoms with Crippen molar-refractivity contribution in [2.24, 2.45) is 11.1 Å². The van der Waals surface area contributed by atoms with Crippen molar-refractivity contribution in [3.05, 3.63) is 0 Å². The second-order valence-electron chi connectivity index (χ2n) is 5.10. The Labute approximate surface area is 115 Å². The molecule has 5 heteroatoms. The van der Waals surface area contributed by atoms with Crippen LogP contribution in [0.2, 0.25) is 0 Å². The lowest BCUT2D eigenvalue weighted by Crippen LogP contribution is -2.57. The van der Waals surface area contributed by atoms with Crippen LogP contribution in [-0.4, -0.2) is 41.1 Å². The normalized spacial score (nSPS) is 25.0. The standard InChI is InChI=1S/C13H24N2O2S/c1-5-13(6-2,11(14)18)12(16)15-7-10(4)17-8-9(15)3/h9-10H,5-8H2,1-4H3,(H2,14,18). The predicted molar refractivity (Wildman–Crippen MR) is 76.4 cm³/mol. The van der Waals surface area contributed by atoms with Gasteiger partial charge < -0.3 is 15.4 Å². The number of morpholine rings is 1. The highest BCUT2D eigenvalue weighted by atomic mass is 32.1. The molecule has 0 saturated carbocycles. The van der Waals surface area contributed by atoms with Crippen LogP contribution in [0.15, 0.2) is 0 Å². The largest absolute Gasteiger partial charge is 0.392 e. The zero-order valence-electron chi connectivity index (χ0n) is 11.7. The van der Waals surface area contributed by atoms with Crippen molar-refractivity contribution in [2.75, 3.05) is 13.2 Å². The molecule has 0 aliphatic carbocycles. The van der Waals surface area contributed by atoms with Gasteiger partial charge in [0.25, 0.3) is 0 Å². The summed E-state index contributed by atoms with van der Waals surface area (Å²) in [7, 11) is 0. The number of nitrogens with zero attached hydrogens (tertiary/aromatic N) is 1. The maximum atomic E-state index is 12.8. The molecule has 2 atom stereocenters. The molecule has 2 unspecified atom stereocenters. The molecule has 0 aromatic carbocycles. The smallest absolute Gasteiger partial charge is 0.236 e. The van der Waals surface area contributed by atoms with Crippen LogP contribution in [-0.2, 0) is 9.53 Å². The average molecular weight is 272 g/mol. The maximum Gasteiger partial charge on any atom is 0.236 e. The van der Waals surface area contributed by atoms with E-state index < -0.39 is 5.41 Å². The lowest BCUT2D eigenvalue weighted by molar-refractivity contribution is -0.150. The fourth-order valence-corrected chi connectivity index (χ4v) is 2.84. The molecule has 0 radical (unpaired) electrons. The molecule has 1 rings (SSSR count). The molecule has 0 spiro atoms. The Morgan fingerprint density at radius 1 is 1.44 bits per heavy atom. The first kappa shape index (κ1) is 15.4. The molecule has 1 heterocycles. The molecule has 1 aliphatic rings. The Kier molecular flexibility index (Phi) is 5.10. The van der Waals surface area contributed by atoms with Crippen LogP contribution in [0.4, 0.5) is 0 Å². The number of nitrogens with two attached hydrogens (primary N) is 1. The third-order valence-electron chi connectivity index (χ3n) is 3.96. The van der Waals surface area contributed by atoms with Crippen molar-refractivity contribution in [2.45, 2.75) is 52.7 Å². The van der Waals surface area contributed by atoms with Gasteiger partial charge in [-0.1, -0.05) is 26.1 Å². The van der Waals surface area contributed by atoms with Gasteiger partial charge in [-0.25, -0.2) is 0 Å². The quantitative estimate of drug-likeness (QED) is 0.792. The Bertz CT molecular complexity index is 329. The lowest BCUT2D eigenvalue weighted by atomic mass is 9.80. The monoisotopic (exact) mass is 272 g/mol. The molecule has 1 saturated heterocycles. The van der Waals surface area contributed by atoms with Crippen LogP contribution in [0.25, 0.3) is 0 Å². The van der Waals surface area contributed by atoms with Crippen molar-refractivity contribution in [3.63, 3.8) is 0 Å². The zero-order chi connectivity index (χ0) is 13.9. The van der Waals surface area contributed by atoms with Gasteiger partial charge in [-0.15, -0.1) is 0 Å². The fourth-order valence-electron chi connectivity index (χ4n) is 2.47. The van der Waals surface area contributed by atoms with Crippen molar-refractivity contribution < 1.29 is 9.53 Å². The molecule has 2 N–H and O–H groups in total. The number of rotatable bonds is 4. The van der Waals surface area contributed by atoms with Crippen molar-refractivity contribution in [1.82, 2.24) is 4.90 Å². The highest BCUT2D eigenvalue weighted by Crippen LogP contribution is 2.31. The summed E-state index contributed by atoms with van der Waals surface area (Å²) in [5.74, 6) is 0.0580. The van der Waals surface area contributed by atoms with Gasteiger partial charge >= 0.3 is 0 Å². The fraction of sp³-hybridized carbons (Fsp3) is 0.846. The van der Waals surface area contributed by atoms with Gasteiger partial charge in [0.15, 0.2) is 0 Å². The van der Waals surface area contributed by atoms with Gasteiger partial charge in [0.1, 0.15) is 0 Å². The van der Waals surface area contributed by atoms with E-state index >= 15 is 0 Å². The number of amides is 1. The summed E-state index contributed by atoms with van der Waals surface area (Å²) >= 11 is 5.14. The minimum absolute atomic E-state index is 0.0580. The Morgan fingerprint density at radius 3 is 2.44 bits per heavy atom. The van der Waals surface area contributed by atoms with E-state index in [-0.39, 0.29) is 18.1 Å². The zero-order valence-corrected chi connectivity index (χ0v) is 12.5. The molecular weight excluding hydrogens is 248 g/mol. The molecule has 104 valence electrons. The summed E-state index contributed by atoms with van der Waals surface area (Å²) in [6, 6.07) is 0.0838. The highest BCUT2D eigenvalue weighted by Gasteiger charge is 2.43. The van der Waals surface area contributed by atoms with Gasteiger partial charge in [-0.3, -0.25) is 4.79 Å². The lowest BCUT2D eigenvalue weighted by Gasteiger charge is -2.42. The van der Waals surface area contributed by atoms with Gasteiger partial charge in [0.05, 0.1) is 29.2 Å². The number of carbonyl (C=O) groups is 1. The molecule has 1 amide bonds. The van der Waals surface area contributed by atoms with E-state index in [2.05, 4.69) is 0 Å². The molecule has 0 bridgehead atoms. The van der Waals surface area contributed by atoms with Crippen molar-refractivity contribution >= 4 is 23.1 Å². The Morgan fingerprint density at radius 2 is 2.00 bits per heavy atom. The van der Waals surface area contributed by atoms with Gasteiger partial charge in [0, 0.05) is 6.54 Å². The number of hydrogen-bond acceptors (Lipinski definition) is 3. The summed E-state index contributed by atoms with van der Waals surface area (Å²) in [5.41, 5.74) is 5.14. The Balaban J connectivity index is 2.98. The van der Waals surface area contributed by atoms with E-state index in [9.17, 15) is 4.79 Å². The van der Waals surface area contributed by atoms with Crippen LogP contribution >= 0.6 is 12.2 Å². The summed E-state index contributed by atoms with van der Waals surface area (Å²) in [6.07, 6.45) is 1.37. The van der Waals surface area contributed by atoms with Crippen LogP contribution in [0, 0.1) is 5.41 Å². The second-order valence-corrected chi connectivity index (χ2v) is 5.54. The SMILES string of the molecule is CCC(CC)(C(=O)N1CC(C)OCC1C)C(N)=S. The third-order valence-corrected chi connectivity index (χ3v) is 4.35. The molecule has 0 aromatic rings. The predicted octanol–water partition coefficient (Wildman–Crippen LogP) is 1.71. The maximum absolute atomic E-state index is 12.8. The Hall–Kier alpha value is -0.680. The van der Waals surface area contributed by atoms with E-state index in [4.69, 9.17) is 22.7 Å². The summed E-state index contributed by atoms with van der Waals surface area (Å²) in [4.78, 5) is 15.0. The molecule has 1 fully saturated rings. The van der Waals surface area contributed by atoms with Crippen LogP contribution in [0.5, 0.6) is 0 Å². The van der Waals surface area contributed by atoms with Crippen molar-refractivity contribution in [1.29, 1.82) is 0 Å². The number of hydrogen-bond donors (Lipinski definition) is 1. The number of thiocarbonyl (C=S) groups is 1. The van der Waals surface area contributed by atoms with Gasteiger partial charge in [-0.2, -0.15) is 0 Å². The highest BCUT2D eigenvalue weighted by molar-refractivity contribution is 7.80. The van der Waals surface area contributed by atoms with Gasteiger partial charge in [-0.05, 0) is 26.7 Å². The minimum atomic E-state index is -0.694. The van der Waals surface area contributed by atoms with Crippen molar-refractivity contribution in [3.8, 4) is 0 Å². The molecule has 4 nitrogen and oxygen atoms in total. The van der Waals surface area contributed by atoms with Crippen LogP contribution in [0.3, 0.4) is 0 Å². The number of carbonyl (C=O) groups excluding carboxylic acids is 1.